The Morgan fingerprint density at radius 3 is 2.41 bits per heavy atom. The zero-order valence-corrected chi connectivity index (χ0v) is 23.5. The average Bonchev–Trinajstić information content (AvgIpc) is 3.49. The molecule has 0 atom stereocenters. The summed E-state index contributed by atoms with van der Waals surface area (Å²) in [6, 6.07) is 6.97. The molecule has 1 fully saturated rings. The minimum Gasteiger partial charge on any atom is -0.332 e. The Hall–Kier alpha value is -3.95. The summed E-state index contributed by atoms with van der Waals surface area (Å²) in [6.07, 6.45) is 1.64. The number of benzene rings is 1. The molecule has 10 heteroatoms. The number of rotatable bonds is 3. The van der Waals surface area contributed by atoms with E-state index in [2.05, 4.69) is 30.8 Å². The van der Waals surface area contributed by atoms with Gasteiger partial charge in [-0.05, 0) is 50.8 Å². The molecule has 9 nitrogen and oxygen atoms in total. The second-order valence-corrected chi connectivity index (χ2v) is 12.0. The van der Waals surface area contributed by atoms with Gasteiger partial charge < -0.3 is 9.80 Å². The van der Waals surface area contributed by atoms with E-state index >= 15 is 0 Å². The van der Waals surface area contributed by atoms with Gasteiger partial charge in [0, 0.05) is 36.5 Å². The lowest BCUT2D eigenvalue weighted by Crippen LogP contribution is -2.62. The van der Waals surface area contributed by atoms with E-state index in [1.54, 1.807) is 33.5 Å². The molecule has 0 unspecified atom stereocenters. The Labute approximate surface area is 227 Å². The molecule has 1 aromatic carbocycles. The molecule has 39 heavy (non-hydrogen) atoms. The van der Waals surface area contributed by atoms with E-state index in [9.17, 15) is 14.0 Å². The number of piperazine rings is 1. The second-order valence-electron chi connectivity index (χ2n) is 12.0. The van der Waals surface area contributed by atoms with E-state index in [0.29, 0.717) is 48.6 Å². The number of amides is 2. The standard InChI is InChI=1S/C29H34FN7O2/c1-17-8-9-19(12-21(17)30)22-13-20(28(3,4)5)25-33-23(15-37(25)34-22)26(38)36-11-10-35(16-29(36,6)7)27(39)24-31-14-18(2)32-24/h8-9,12-13,15H,10-11,14,16H2,1-7H3. The van der Waals surface area contributed by atoms with Crippen LogP contribution in [0.25, 0.3) is 16.9 Å². The monoisotopic (exact) mass is 531 g/mol. The lowest BCUT2D eigenvalue weighted by atomic mass is 9.87. The van der Waals surface area contributed by atoms with Crippen molar-refractivity contribution in [3.63, 3.8) is 0 Å². The van der Waals surface area contributed by atoms with Gasteiger partial charge in [-0.25, -0.2) is 18.9 Å². The number of carbonyl (C=O) groups excluding carboxylic acids is 2. The number of nitrogens with zero attached hydrogens (tertiary/aromatic N) is 7. The third-order valence-corrected chi connectivity index (χ3v) is 7.30. The first-order valence-electron chi connectivity index (χ1n) is 13.1. The summed E-state index contributed by atoms with van der Waals surface area (Å²) in [5.41, 5.74) is 3.45. The van der Waals surface area contributed by atoms with Crippen LogP contribution >= 0.6 is 0 Å². The van der Waals surface area contributed by atoms with Gasteiger partial charge in [-0.15, -0.1) is 0 Å². The fourth-order valence-corrected chi connectivity index (χ4v) is 5.07. The third kappa shape index (κ3) is 4.95. The van der Waals surface area contributed by atoms with Crippen molar-refractivity contribution in [2.45, 2.75) is 59.4 Å². The van der Waals surface area contributed by atoms with Crippen molar-refractivity contribution in [2.24, 2.45) is 9.98 Å². The van der Waals surface area contributed by atoms with E-state index in [4.69, 9.17) is 10.1 Å². The number of carbonyl (C=O) groups is 2. The smallest absolute Gasteiger partial charge is 0.291 e. The molecule has 0 radical (unpaired) electrons. The highest BCUT2D eigenvalue weighted by molar-refractivity contribution is 6.41. The van der Waals surface area contributed by atoms with Gasteiger partial charge in [0.25, 0.3) is 11.8 Å². The summed E-state index contributed by atoms with van der Waals surface area (Å²) in [5, 5.41) is 4.70. The Balaban J connectivity index is 1.46. The zero-order valence-electron chi connectivity index (χ0n) is 23.5. The maximum Gasteiger partial charge on any atom is 0.291 e. The highest BCUT2D eigenvalue weighted by Crippen LogP contribution is 2.31. The number of aromatic nitrogens is 3. The van der Waals surface area contributed by atoms with Crippen LogP contribution in [0, 0.1) is 12.7 Å². The first-order chi connectivity index (χ1) is 18.2. The molecule has 2 amide bonds. The van der Waals surface area contributed by atoms with Crippen LogP contribution in [-0.4, -0.2) is 79.5 Å². The Kier molecular flexibility index (Phi) is 6.39. The Morgan fingerprint density at radius 2 is 1.79 bits per heavy atom. The van der Waals surface area contributed by atoms with Crippen LogP contribution in [0.15, 0.2) is 40.4 Å². The van der Waals surface area contributed by atoms with Crippen LogP contribution in [-0.2, 0) is 10.2 Å². The number of imidazole rings is 1. The zero-order chi connectivity index (χ0) is 28.3. The van der Waals surface area contributed by atoms with Crippen molar-refractivity contribution in [1.29, 1.82) is 0 Å². The fraction of sp³-hybridized carbons (Fsp3) is 0.448. The van der Waals surface area contributed by atoms with Crippen molar-refractivity contribution in [3.8, 4) is 11.3 Å². The summed E-state index contributed by atoms with van der Waals surface area (Å²) in [5.74, 6) is -0.505. The maximum absolute atomic E-state index is 14.3. The number of hydrogen-bond acceptors (Lipinski definition) is 6. The predicted octanol–water partition coefficient (Wildman–Crippen LogP) is 4.08. The average molecular weight is 532 g/mol. The Morgan fingerprint density at radius 1 is 1.05 bits per heavy atom. The summed E-state index contributed by atoms with van der Waals surface area (Å²) in [7, 11) is 0. The molecule has 0 N–H and O–H groups in total. The molecular formula is C29H34FN7O2. The highest BCUT2D eigenvalue weighted by Gasteiger charge is 2.40. The van der Waals surface area contributed by atoms with Crippen LogP contribution in [0.1, 0.15) is 63.2 Å². The van der Waals surface area contributed by atoms with Crippen molar-refractivity contribution in [3.05, 3.63) is 53.1 Å². The summed E-state index contributed by atoms with van der Waals surface area (Å²) < 4.78 is 16.0. The van der Waals surface area contributed by atoms with Gasteiger partial charge >= 0.3 is 0 Å². The highest BCUT2D eigenvalue weighted by atomic mass is 19.1. The molecule has 0 spiro atoms. The quantitative estimate of drug-likeness (QED) is 0.509. The SMILES string of the molecule is CC1=NC(C(=O)N2CCN(C(=O)c3cn4nc(-c5ccc(C)c(F)c5)cc(C(C)(C)C)c4n3)C(C)(C)C2)=NC1. The molecule has 4 heterocycles. The van der Waals surface area contributed by atoms with Crippen molar-refractivity contribution >= 4 is 29.0 Å². The number of halogens is 1. The van der Waals surface area contributed by atoms with Gasteiger partial charge in [-0.1, -0.05) is 32.9 Å². The molecule has 2 aromatic heterocycles. The van der Waals surface area contributed by atoms with Gasteiger partial charge in [0.15, 0.2) is 5.65 Å². The van der Waals surface area contributed by atoms with Crippen molar-refractivity contribution in [2.75, 3.05) is 26.2 Å². The second kappa shape index (κ2) is 9.36. The molecule has 204 valence electrons. The lowest BCUT2D eigenvalue weighted by molar-refractivity contribution is -0.128. The van der Waals surface area contributed by atoms with Gasteiger partial charge in [-0.2, -0.15) is 5.10 Å². The minimum atomic E-state index is -0.635. The minimum absolute atomic E-state index is 0.209. The largest absolute Gasteiger partial charge is 0.332 e. The fourth-order valence-electron chi connectivity index (χ4n) is 5.07. The lowest BCUT2D eigenvalue weighted by Gasteiger charge is -2.46. The van der Waals surface area contributed by atoms with Gasteiger partial charge in [0.2, 0.25) is 5.84 Å². The molecule has 2 aliphatic rings. The van der Waals surface area contributed by atoms with Crippen molar-refractivity contribution < 1.29 is 14.0 Å². The third-order valence-electron chi connectivity index (χ3n) is 7.30. The first-order valence-corrected chi connectivity index (χ1v) is 13.1. The maximum atomic E-state index is 14.3. The molecule has 0 saturated carbocycles. The number of fused-ring (bicyclic) bond motifs is 1. The van der Waals surface area contributed by atoms with Crippen LogP contribution in [0.3, 0.4) is 0 Å². The number of amidine groups is 1. The van der Waals surface area contributed by atoms with Crippen LogP contribution in [0.4, 0.5) is 4.39 Å². The van der Waals surface area contributed by atoms with E-state index in [1.165, 1.54) is 6.07 Å². The van der Waals surface area contributed by atoms with Gasteiger partial charge in [0.05, 0.1) is 24.0 Å². The van der Waals surface area contributed by atoms with Crippen LogP contribution in [0.5, 0.6) is 0 Å². The molecule has 5 rings (SSSR count). The topological polar surface area (TPSA) is 95.5 Å². The number of aliphatic imine (C=N–C) groups is 2. The predicted molar refractivity (Wildman–Crippen MR) is 149 cm³/mol. The molecular weight excluding hydrogens is 497 g/mol. The normalized spacial score (nSPS) is 17.4. The van der Waals surface area contributed by atoms with E-state index in [-0.39, 0.29) is 34.6 Å². The van der Waals surface area contributed by atoms with Gasteiger partial charge in [0.1, 0.15) is 11.5 Å². The Bertz CT molecular complexity index is 1560. The van der Waals surface area contributed by atoms with Gasteiger partial charge in [-0.3, -0.25) is 14.6 Å². The number of aryl methyl sites for hydroxylation is 1. The summed E-state index contributed by atoms with van der Waals surface area (Å²) >= 11 is 0. The molecule has 1 saturated heterocycles. The summed E-state index contributed by atoms with van der Waals surface area (Å²) in [6.45, 7) is 15.2. The van der Waals surface area contributed by atoms with E-state index in [1.807, 2.05) is 32.9 Å². The number of hydrogen-bond donors (Lipinski definition) is 0. The molecule has 3 aromatic rings. The molecule has 2 aliphatic heterocycles. The first kappa shape index (κ1) is 26.6. The van der Waals surface area contributed by atoms with Crippen LogP contribution in [0.2, 0.25) is 0 Å². The molecule has 0 bridgehead atoms. The summed E-state index contributed by atoms with van der Waals surface area (Å²) in [4.78, 5) is 43.4. The van der Waals surface area contributed by atoms with Crippen LogP contribution < -0.4 is 0 Å². The van der Waals surface area contributed by atoms with E-state index in [0.717, 1.165) is 11.3 Å². The van der Waals surface area contributed by atoms with Crippen molar-refractivity contribution in [1.82, 2.24) is 24.4 Å². The molecule has 0 aliphatic carbocycles. The van der Waals surface area contributed by atoms with E-state index < -0.39 is 5.54 Å².